The van der Waals surface area contributed by atoms with E-state index < -0.39 is 29.1 Å². The fourth-order valence-electron chi connectivity index (χ4n) is 3.15. The number of hydrogen-bond donors (Lipinski definition) is 2. The van der Waals surface area contributed by atoms with Crippen molar-refractivity contribution in [3.63, 3.8) is 0 Å². The number of ether oxygens (including phenoxy) is 1. The number of carbonyl (C=O) groups is 1. The summed E-state index contributed by atoms with van der Waals surface area (Å²) in [6, 6.07) is 6.73. The molecule has 0 bridgehead atoms. The summed E-state index contributed by atoms with van der Waals surface area (Å²) in [5, 5.41) is 11.2. The Morgan fingerprint density at radius 3 is 2.63 bits per heavy atom. The number of H-pyrrole nitrogens is 1. The molecule has 0 saturated carbocycles. The Hall–Kier alpha value is -3.62. The van der Waals surface area contributed by atoms with Crippen molar-refractivity contribution >= 4 is 23.1 Å². The molecule has 2 aromatic heterocycles. The van der Waals surface area contributed by atoms with Crippen molar-refractivity contribution in [2.24, 2.45) is 19.1 Å². The molecular formula is C21H24N4O5. The number of hydrogen-bond acceptors (Lipinski definition) is 6. The largest absolute Gasteiger partial charge is 0.494 e. The molecule has 3 aromatic rings. The van der Waals surface area contributed by atoms with Gasteiger partial charge in [-0.15, -0.1) is 0 Å². The van der Waals surface area contributed by atoms with Crippen LogP contribution in [-0.4, -0.2) is 43.6 Å². The van der Waals surface area contributed by atoms with Crippen LogP contribution in [0.1, 0.15) is 25.0 Å². The summed E-state index contributed by atoms with van der Waals surface area (Å²) in [5.74, 6) is -1.07. The van der Waals surface area contributed by atoms with Gasteiger partial charge in [0, 0.05) is 43.8 Å². The Morgan fingerprint density at radius 1 is 1.23 bits per heavy atom. The van der Waals surface area contributed by atoms with Crippen molar-refractivity contribution in [2.45, 2.75) is 32.4 Å². The van der Waals surface area contributed by atoms with Crippen LogP contribution in [0.15, 0.2) is 45.0 Å². The molecule has 3 rings (SSSR count). The number of carbonyl (C=O) groups excluding carboxylic acids is 1. The molecule has 0 fully saturated rings. The first-order chi connectivity index (χ1) is 14.2. The van der Waals surface area contributed by atoms with E-state index in [1.54, 1.807) is 20.0 Å². The lowest BCUT2D eigenvalue weighted by Crippen LogP contribution is -2.38. The predicted octanol–water partition coefficient (Wildman–Crippen LogP) is 1.25. The van der Waals surface area contributed by atoms with E-state index in [1.165, 1.54) is 14.1 Å². The van der Waals surface area contributed by atoms with Crippen LogP contribution >= 0.6 is 0 Å². The van der Waals surface area contributed by atoms with Gasteiger partial charge in [0.15, 0.2) is 6.04 Å². The van der Waals surface area contributed by atoms with E-state index in [2.05, 4.69) is 9.98 Å². The highest BCUT2D eigenvalue weighted by Crippen LogP contribution is 2.20. The number of para-hydroxylation sites is 1. The molecule has 30 heavy (non-hydrogen) atoms. The lowest BCUT2D eigenvalue weighted by Gasteiger charge is -2.14. The van der Waals surface area contributed by atoms with E-state index in [-0.39, 0.29) is 18.1 Å². The standard InChI is InChI=1S/C21H24N4O5/c1-12(2)30-20(28)17(9-13-10-22-16-8-6-5-7-14(13)16)23-11-15-18(26)24(3)21(29)25(4)19(15)27/h5-8,10-12,17,22,26H,9H2,1-4H3/t17-/m1/s1. The number of rotatable bonds is 6. The summed E-state index contributed by atoms with van der Waals surface area (Å²) < 4.78 is 7.12. The summed E-state index contributed by atoms with van der Waals surface area (Å²) in [6.07, 6.45) is 2.83. The first-order valence-corrected chi connectivity index (χ1v) is 9.48. The molecule has 1 atom stereocenters. The predicted molar refractivity (Wildman–Crippen MR) is 113 cm³/mol. The van der Waals surface area contributed by atoms with Gasteiger partial charge in [-0.25, -0.2) is 9.59 Å². The zero-order valence-electron chi connectivity index (χ0n) is 17.2. The van der Waals surface area contributed by atoms with Crippen molar-refractivity contribution in [1.82, 2.24) is 14.1 Å². The second kappa shape index (κ2) is 8.40. The monoisotopic (exact) mass is 412 g/mol. The van der Waals surface area contributed by atoms with Crippen LogP contribution in [-0.2, 0) is 30.0 Å². The van der Waals surface area contributed by atoms with Gasteiger partial charge in [0.25, 0.3) is 5.56 Å². The Morgan fingerprint density at radius 2 is 1.93 bits per heavy atom. The number of aromatic nitrogens is 3. The molecule has 1 aromatic carbocycles. The van der Waals surface area contributed by atoms with E-state index in [4.69, 9.17) is 4.74 Å². The zero-order chi connectivity index (χ0) is 22.0. The minimum atomic E-state index is -0.937. The lowest BCUT2D eigenvalue weighted by molar-refractivity contribution is -0.148. The molecule has 9 nitrogen and oxygen atoms in total. The number of aliphatic imine (C=N–C) groups is 1. The van der Waals surface area contributed by atoms with Crippen molar-refractivity contribution in [2.75, 3.05) is 0 Å². The van der Waals surface area contributed by atoms with Gasteiger partial charge < -0.3 is 14.8 Å². The molecule has 0 saturated heterocycles. The smallest absolute Gasteiger partial charge is 0.333 e. The highest BCUT2D eigenvalue weighted by molar-refractivity contribution is 5.87. The Balaban J connectivity index is 2.01. The molecule has 0 aliphatic carbocycles. The van der Waals surface area contributed by atoms with E-state index in [9.17, 15) is 19.5 Å². The first kappa shape index (κ1) is 21.1. The van der Waals surface area contributed by atoms with Crippen LogP contribution in [0, 0.1) is 0 Å². The maximum absolute atomic E-state index is 12.6. The number of esters is 1. The third-order valence-electron chi connectivity index (χ3n) is 4.76. The molecule has 0 spiro atoms. The van der Waals surface area contributed by atoms with E-state index in [0.717, 1.165) is 31.8 Å². The maximum atomic E-state index is 12.6. The van der Waals surface area contributed by atoms with Gasteiger partial charge in [-0.1, -0.05) is 18.2 Å². The minimum absolute atomic E-state index is 0.180. The number of benzene rings is 1. The molecule has 0 amide bonds. The number of fused-ring (bicyclic) bond motifs is 1. The van der Waals surface area contributed by atoms with E-state index in [1.807, 2.05) is 24.3 Å². The quantitative estimate of drug-likeness (QED) is 0.467. The van der Waals surface area contributed by atoms with Gasteiger partial charge in [0.2, 0.25) is 5.88 Å². The molecular weight excluding hydrogens is 388 g/mol. The normalized spacial score (nSPS) is 12.7. The maximum Gasteiger partial charge on any atom is 0.333 e. The van der Waals surface area contributed by atoms with Crippen molar-refractivity contribution in [3.05, 3.63) is 62.4 Å². The Bertz CT molecular complexity index is 1230. The molecule has 0 unspecified atom stereocenters. The minimum Gasteiger partial charge on any atom is -0.494 e. The fourth-order valence-corrected chi connectivity index (χ4v) is 3.15. The molecule has 2 N–H and O–H groups in total. The van der Waals surface area contributed by atoms with Crippen LogP contribution in [0.4, 0.5) is 0 Å². The average molecular weight is 412 g/mol. The molecule has 0 radical (unpaired) electrons. The second-order valence-electron chi connectivity index (χ2n) is 7.29. The first-order valence-electron chi connectivity index (χ1n) is 9.48. The molecule has 158 valence electrons. The van der Waals surface area contributed by atoms with Crippen molar-refractivity contribution in [1.29, 1.82) is 0 Å². The summed E-state index contributed by atoms with van der Waals surface area (Å²) >= 11 is 0. The summed E-state index contributed by atoms with van der Waals surface area (Å²) in [7, 11) is 2.64. The van der Waals surface area contributed by atoms with Gasteiger partial charge in [0.1, 0.15) is 5.56 Å². The molecule has 2 heterocycles. The summed E-state index contributed by atoms with van der Waals surface area (Å²) in [6.45, 7) is 3.47. The number of aromatic amines is 1. The van der Waals surface area contributed by atoms with Crippen LogP contribution in [0.3, 0.4) is 0 Å². The SMILES string of the molecule is CC(C)OC(=O)[C@@H](Cc1c[nH]c2ccccc12)N=Cc1c(O)n(C)c(=O)n(C)c1=O. The van der Waals surface area contributed by atoms with Crippen LogP contribution in [0.2, 0.25) is 0 Å². The van der Waals surface area contributed by atoms with Gasteiger partial charge in [-0.05, 0) is 25.5 Å². The molecule has 0 aliphatic rings. The Kier molecular flexibility index (Phi) is 5.91. The lowest BCUT2D eigenvalue weighted by atomic mass is 10.1. The van der Waals surface area contributed by atoms with E-state index >= 15 is 0 Å². The highest BCUT2D eigenvalue weighted by atomic mass is 16.5. The third kappa shape index (κ3) is 4.05. The van der Waals surface area contributed by atoms with Crippen LogP contribution in [0.25, 0.3) is 10.9 Å². The van der Waals surface area contributed by atoms with E-state index in [0.29, 0.717) is 0 Å². The highest BCUT2D eigenvalue weighted by Gasteiger charge is 2.23. The number of aromatic hydroxyl groups is 1. The van der Waals surface area contributed by atoms with Crippen molar-refractivity contribution < 1.29 is 14.6 Å². The fraction of sp³-hybridized carbons (Fsp3) is 0.333. The number of nitrogens with one attached hydrogen (secondary N) is 1. The average Bonchev–Trinajstić information content (AvgIpc) is 3.12. The molecule has 9 heteroatoms. The Labute approximate surface area is 172 Å². The topological polar surface area (TPSA) is 119 Å². The summed E-state index contributed by atoms with van der Waals surface area (Å²) in [4.78, 5) is 44.4. The number of nitrogens with zero attached hydrogens (tertiary/aromatic N) is 3. The third-order valence-corrected chi connectivity index (χ3v) is 4.76. The van der Waals surface area contributed by atoms with Crippen molar-refractivity contribution in [3.8, 4) is 5.88 Å². The van der Waals surface area contributed by atoms with Gasteiger partial charge in [0.05, 0.1) is 6.10 Å². The van der Waals surface area contributed by atoms with Gasteiger partial charge >= 0.3 is 11.7 Å². The van der Waals surface area contributed by atoms with Gasteiger partial charge in [-0.3, -0.25) is 18.9 Å². The van der Waals surface area contributed by atoms with Crippen LogP contribution in [0.5, 0.6) is 5.88 Å². The molecule has 0 aliphatic heterocycles. The van der Waals surface area contributed by atoms with Gasteiger partial charge in [-0.2, -0.15) is 0 Å². The zero-order valence-corrected chi connectivity index (χ0v) is 17.2. The summed E-state index contributed by atoms with van der Waals surface area (Å²) in [5.41, 5.74) is 0.246. The van der Waals surface area contributed by atoms with Crippen LogP contribution < -0.4 is 11.2 Å². The second-order valence-corrected chi connectivity index (χ2v) is 7.29.